The van der Waals surface area contributed by atoms with E-state index >= 15 is 0 Å². The first kappa shape index (κ1) is 18.8. The van der Waals surface area contributed by atoms with Gasteiger partial charge in [0, 0.05) is 18.1 Å². The zero-order chi connectivity index (χ0) is 17.7. The molecule has 0 radical (unpaired) electrons. The summed E-state index contributed by atoms with van der Waals surface area (Å²) < 4.78 is 6.81. The molecule has 0 saturated heterocycles. The predicted molar refractivity (Wildman–Crippen MR) is 106 cm³/mol. The zero-order valence-corrected chi connectivity index (χ0v) is 16.8. The molecule has 0 aromatic heterocycles. The number of hydrogen-bond donors (Lipinski definition) is 0. The van der Waals surface area contributed by atoms with Crippen LogP contribution in [0.1, 0.15) is 24.5 Å². The number of nitrogens with zero attached hydrogens (tertiary/aromatic N) is 2. The number of rotatable bonds is 6. The number of ether oxygens (including phenoxy) is 1. The Morgan fingerprint density at radius 3 is 2.62 bits per heavy atom. The van der Waals surface area contributed by atoms with E-state index in [0.717, 1.165) is 45.8 Å². The number of hydrogen-bond acceptors (Lipinski definition) is 2. The number of aliphatic imine (C=N–C) groups is 1. The highest BCUT2D eigenvalue weighted by Crippen LogP contribution is 2.34. The van der Waals surface area contributed by atoms with E-state index in [1.54, 1.807) is 0 Å². The molecule has 128 valence electrons. The highest BCUT2D eigenvalue weighted by atomic mass is 79.9. The van der Waals surface area contributed by atoms with Crippen molar-refractivity contribution >= 4 is 39.6 Å². The van der Waals surface area contributed by atoms with Crippen molar-refractivity contribution in [1.82, 2.24) is 4.90 Å². The Bertz CT molecular complexity index is 746. The van der Waals surface area contributed by atoms with Crippen LogP contribution in [0, 0.1) is 13.8 Å². The largest absolute Gasteiger partial charge is 0.457 e. The van der Waals surface area contributed by atoms with E-state index in [9.17, 15) is 0 Å². The minimum absolute atomic E-state index is 0.663. The minimum Gasteiger partial charge on any atom is -0.457 e. The second-order valence-corrected chi connectivity index (χ2v) is 7.07. The van der Waals surface area contributed by atoms with E-state index < -0.39 is 0 Å². The molecule has 0 amide bonds. The Kier molecular flexibility index (Phi) is 6.69. The van der Waals surface area contributed by atoms with Crippen molar-refractivity contribution in [2.24, 2.45) is 4.99 Å². The third-order valence-electron chi connectivity index (χ3n) is 3.58. The van der Waals surface area contributed by atoms with Crippen LogP contribution in [0.25, 0.3) is 0 Å². The van der Waals surface area contributed by atoms with Gasteiger partial charge in [-0.05, 0) is 77.7 Å². The van der Waals surface area contributed by atoms with Crippen LogP contribution < -0.4 is 4.74 Å². The smallest absolute Gasteiger partial charge is 0.130 e. The van der Waals surface area contributed by atoms with Gasteiger partial charge < -0.3 is 9.64 Å². The highest BCUT2D eigenvalue weighted by Gasteiger charge is 2.08. The standard InChI is InChI=1S/C19H22BrClN2O/c1-5-8-23(4)12-22-18-9-14(3)19(10-13(18)2)24-15-6-7-17(21)16(20)11-15/h6-7,9-12H,5,8H2,1-4H3. The second-order valence-electron chi connectivity index (χ2n) is 5.81. The van der Waals surface area contributed by atoms with E-state index in [4.69, 9.17) is 16.3 Å². The molecule has 0 fully saturated rings. The van der Waals surface area contributed by atoms with Gasteiger partial charge >= 0.3 is 0 Å². The molecule has 2 aromatic rings. The SMILES string of the molecule is CCCN(C)C=Nc1cc(C)c(Oc2ccc(Cl)c(Br)c2)cc1C. The zero-order valence-electron chi connectivity index (χ0n) is 14.4. The maximum Gasteiger partial charge on any atom is 0.130 e. The van der Waals surface area contributed by atoms with Gasteiger partial charge in [0.05, 0.1) is 17.0 Å². The van der Waals surface area contributed by atoms with Crippen molar-refractivity contribution in [1.29, 1.82) is 0 Å². The van der Waals surface area contributed by atoms with E-state index in [1.807, 2.05) is 57.6 Å². The van der Waals surface area contributed by atoms with Crippen LogP contribution in [0.2, 0.25) is 5.02 Å². The van der Waals surface area contributed by atoms with Gasteiger partial charge in [-0.3, -0.25) is 0 Å². The summed E-state index contributed by atoms with van der Waals surface area (Å²) in [6.45, 7) is 7.21. The molecule has 0 atom stereocenters. The molecule has 24 heavy (non-hydrogen) atoms. The highest BCUT2D eigenvalue weighted by molar-refractivity contribution is 9.10. The van der Waals surface area contributed by atoms with Gasteiger partial charge in [0.15, 0.2) is 0 Å². The molecule has 0 spiro atoms. The van der Waals surface area contributed by atoms with Crippen molar-refractivity contribution in [2.75, 3.05) is 13.6 Å². The maximum atomic E-state index is 6.02. The second kappa shape index (κ2) is 8.54. The van der Waals surface area contributed by atoms with Crippen LogP contribution in [0.3, 0.4) is 0 Å². The van der Waals surface area contributed by atoms with Gasteiger partial charge in [0.25, 0.3) is 0 Å². The first-order valence-corrected chi connectivity index (χ1v) is 9.06. The first-order valence-electron chi connectivity index (χ1n) is 7.89. The average molecular weight is 410 g/mol. The summed E-state index contributed by atoms with van der Waals surface area (Å²) in [5.74, 6) is 1.57. The molecule has 0 unspecified atom stereocenters. The Morgan fingerprint density at radius 2 is 1.96 bits per heavy atom. The van der Waals surface area contributed by atoms with Crippen molar-refractivity contribution in [2.45, 2.75) is 27.2 Å². The van der Waals surface area contributed by atoms with E-state index in [-0.39, 0.29) is 0 Å². The van der Waals surface area contributed by atoms with Crippen molar-refractivity contribution in [3.8, 4) is 11.5 Å². The molecule has 0 aliphatic heterocycles. The van der Waals surface area contributed by atoms with Crippen LogP contribution in [0.5, 0.6) is 11.5 Å². The van der Waals surface area contributed by atoms with Gasteiger partial charge in [-0.25, -0.2) is 4.99 Å². The molecular formula is C19H22BrClN2O. The summed E-state index contributed by atoms with van der Waals surface area (Å²) in [6.07, 6.45) is 2.98. The Hall–Kier alpha value is -1.52. The molecule has 0 N–H and O–H groups in total. The topological polar surface area (TPSA) is 24.8 Å². The fourth-order valence-electron chi connectivity index (χ4n) is 2.26. The first-order chi connectivity index (χ1) is 11.4. The number of halogens is 2. The van der Waals surface area contributed by atoms with Crippen LogP contribution in [0.4, 0.5) is 5.69 Å². The molecule has 3 nitrogen and oxygen atoms in total. The molecule has 0 bridgehead atoms. The fraction of sp³-hybridized carbons (Fsp3) is 0.316. The molecule has 2 aromatic carbocycles. The van der Waals surface area contributed by atoms with Crippen LogP contribution in [0.15, 0.2) is 39.8 Å². The summed E-state index contributed by atoms with van der Waals surface area (Å²) >= 11 is 9.44. The van der Waals surface area contributed by atoms with E-state index in [1.165, 1.54) is 0 Å². The molecule has 0 heterocycles. The molecule has 0 aliphatic rings. The summed E-state index contributed by atoms with van der Waals surface area (Å²) in [5.41, 5.74) is 3.07. The van der Waals surface area contributed by atoms with Crippen LogP contribution >= 0.6 is 27.5 Å². The number of aryl methyl sites for hydroxylation is 2. The third-order valence-corrected chi connectivity index (χ3v) is 4.80. The lowest BCUT2D eigenvalue weighted by molar-refractivity contribution is 0.478. The monoisotopic (exact) mass is 408 g/mol. The van der Waals surface area contributed by atoms with Crippen molar-refractivity contribution in [3.63, 3.8) is 0 Å². The summed E-state index contributed by atoms with van der Waals surface area (Å²) in [5, 5.41) is 0.663. The normalized spacial score (nSPS) is 11.1. The maximum absolute atomic E-state index is 6.02. The van der Waals surface area contributed by atoms with Gasteiger partial charge in [-0.2, -0.15) is 0 Å². The Labute approximate surface area is 157 Å². The summed E-state index contributed by atoms with van der Waals surface area (Å²) in [4.78, 5) is 6.67. The van der Waals surface area contributed by atoms with Crippen molar-refractivity contribution < 1.29 is 4.74 Å². The lowest BCUT2D eigenvalue weighted by atomic mass is 10.1. The molecule has 5 heteroatoms. The van der Waals surface area contributed by atoms with Gasteiger partial charge in [-0.1, -0.05) is 18.5 Å². The van der Waals surface area contributed by atoms with Gasteiger partial charge in [0.1, 0.15) is 11.5 Å². The minimum atomic E-state index is 0.663. The fourth-order valence-corrected chi connectivity index (χ4v) is 2.74. The predicted octanol–water partition coefficient (Wildman–Crippen LogP) is 6.51. The summed E-state index contributed by atoms with van der Waals surface area (Å²) in [7, 11) is 2.03. The lowest BCUT2D eigenvalue weighted by Gasteiger charge is -2.13. The molecule has 2 rings (SSSR count). The molecular weight excluding hydrogens is 388 g/mol. The number of benzene rings is 2. The average Bonchev–Trinajstić information content (AvgIpc) is 2.53. The summed E-state index contributed by atoms with van der Waals surface area (Å²) in [6, 6.07) is 9.60. The quantitative estimate of drug-likeness (QED) is 0.401. The van der Waals surface area contributed by atoms with Crippen molar-refractivity contribution in [3.05, 3.63) is 51.0 Å². The van der Waals surface area contributed by atoms with Crippen LogP contribution in [-0.4, -0.2) is 24.8 Å². The van der Waals surface area contributed by atoms with Gasteiger partial charge in [0.2, 0.25) is 0 Å². The molecule has 0 saturated carbocycles. The van der Waals surface area contributed by atoms with E-state index in [0.29, 0.717) is 5.02 Å². The third kappa shape index (κ3) is 4.99. The van der Waals surface area contributed by atoms with Gasteiger partial charge in [-0.15, -0.1) is 0 Å². The lowest BCUT2D eigenvalue weighted by Crippen LogP contribution is -2.16. The van der Waals surface area contributed by atoms with Crippen LogP contribution in [-0.2, 0) is 0 Å². The Balaban J connectivity index is 2.21. The van der Waals surface area contributed by atoms with E-state index in [2.05, 4.69) is 32.7 Å². The molecule has 0 aliphatic carbocycles. The Morgan fingerprint density at radius 1 is 1.21 bits per heavy atom.